The van der Waals surface area contributed by atoms with Gasteiger partial charge in [-0.15, -0.1) is 0 Å². The number of anilines is 1. The number of halogens is 2. The molecular weight excluding hydrogens is 505 g/mol. The maximum Gasteiger partial charge on any atom is 0.243 e. The number of benzene rings is 2. The van der Waals surface area contributed by atoms with Gasteiger partial charge < -0.3 is 10.2 Å². The summed E-state index contributed by atoms with van der Waals surface area (Å²) in [4.78, 5) is 27.9. The molecule has 0 unspecified atom stereocenters. The molecule has 0 aliphatic rings. The van der Waals surface area contributed by atoms with E-state index in [0.29, 0.717) is 22.7 Å². The fourth-order valence-corrected chi connectivity index (χ4v) is 4.85. The fourth-order valence-electron chi connectivity index (χ4n) is 3.76. The van der Waals surface area contributed by atoms with E-state index in [-0.39, 0.29) is 49.6 Å². The van der Waals surface area contributed by atoms with Crippen LogP contribution in [0, 0.1) is 5.82 Å². The van der Waals surface area contributed by atoms with Gasteiger partial charge in [-0.3, -0.25) is 13.9 Å². The highest BCUT2D eigenvalue weighted by molar-refractivity contribution is 7.92. The van der Waals surface area contributed by atoms with Crippen molar-refractivity contribution in [3.05, 3.63) is 64.9 Å². The lowest BCUT2D eigenvalue weighted by molar-refractivity contribution is -0.141. The van der Waals surface area contributed by atoms with Crippen LogP contribution in [0.4, 0.5) is 10.1 Å². The van der Waals surface area contributed by atoms with Crippen LogP contribution in [0.5, 0.6) is 0 Å². The Kier molecular flexibility index (Phi) is 11.2. The zero-order chi connectivity index (χ0) is 26.9. The zero-order valence-electron chi connectivity index (χ0n) is 21.2. The van der Waals surface area contributed by atoms with E-state index < -0.39 is 16.1 Å². The van der Waals surface area contributed by atoms with Gasteiger partial charge in [0, 0.05) is 30.6 Å². The molecule has 0 fully saturated rings. The number of nitrogens with one attached hydrogen (secondary N) is 1. The van der Waals surface area contributed by atoms with Crippen molar-refractivity contribution in [3.8, 4) is 0 Å². The molecule has 0 saturated heterocycles. The lowest BCUT2D eigenvalue weighted by Crippen LogP contribution is -2.50. The second kappa shape index (κ2) is 13.6. The van der Waals surface area contributed by atoms with E-state index in [4.69, 9.17) is 11.6 Å². The normalized spacial score (nSPS) is 13.1. The van der Waals surface area contributed by atoms with Crippen LogP contribution in [0.3, 0.4) is 0 Å². The first-order valence-corrected chi connectivity index (χ1v) is 14.3. The van der Waals surface area contributed by atoms with Gasteiger partial charge in [-0.25, -0.2) is 12.8 Å². The molecule has 0 aliphatic carbocycles. The van der Waals surface area contributed by atoms with Crippen LogP contribution >= 0.6 is 11.6 Å². The van der Waals surface area contributed by atoms with Gasteiger partial charge in [0.05, 0.1) is 11.9 Å². The summed E-state index contributed by atoms with van der Waals surface area (Å²) in [6.07, 6.45) is 2.54. The number of carbonyl (C=O) groups excluding carboxylic acids is 2. The maximum absolute atomic E-state index is 13.4. The number of nitrogens with zero attached hydrogens (tertiary/aromatic N) is 2. The Hall–Kier alpha value is -2.65. The largest absolute Gasteiger partial charge is 0.352 e. The molecular formula is C26H35ClFN3O4S. The van der Waals surface area contributed by atoms with Crippen LogP contribution in [-0.4, -0.2) is 50.0 Å². The van der Waals surface area contributed by atoms with Crippen LogP contribution < -0.4 is 9.62 Å². The number of hydrogen-bond acceptors (Lipinski definition) is 4. The van der Waals surface area contributed by atoms with E-state index in [2.05, 4.69) is 5.32 Å². The van der Waals surface area contributed by atoms with Crippen LogP contribution in [0.1, 0.15) is 52.0 Å². The summed E-state index contributed by atoms with van der Waals surface area (Å²) in [7, 11) is -3.59. The topological polar surface area (TPSA) is 86.8 Å². The molecule has 2 atom stereocenters. The summed E-state index contributed by atoms with van der Waals surface area (Å²) in [5.74, 6) is -0.919. The monoisotopic (exact) mass is 539 g/mol. The average Bonchev–Trinajstić information content (AvgIpc) is 2.82. The van der Waals surface area contributed by atoms with Crippen LogP contribution in [0.25, 0.3) is 0 Å². The van der Waals surface area contributed by atoms with E-state index in [1.54, 1.807) is 36.4 Å². The molecule has 2 amide bonds. The number of hydrogen-bond donors (Lipinski definition) is 1. The predicted molar refractivity (Wildman–Crippen MR) is 142 cm³/mol. The third-order valence-corrected chi connectivity index (χ3v) is 7.37. The van der Waals surface area contributed by atoms with Crippen molar-refractivity contribution in [2.24, 2.45) is 0 Å². The molecule has 0 saturated carbocycles. The fraction of sp³-hybridized carbons (Fsp3) is 0.462. The SMILES string of the molecule is CC[C@H](C(=O)N[C@@H](C)CC)N(Cc1ccc(F)cc1)C(=O)CCCN(c1ccc(Cl)cc1)S(C)(=O)=O. The molecule has 0 spiro atoms. The van der Waals surface area contributed by atoms with Crippen molar-refractivity contribution >= 4 is 39.1 Å². The first-order valence-electron chi connectivity index (χ1n) is 12.0. The minimum atomic E-state index is -3.59. The van der Waals surface area contributed by atoms with Crippen molar-refractivity contribution in [3.63, 3.8) is 0 Å². The van der Waals surface area contributed by atoms with Gasteiger partial charge in [-0.2, -0.15) is 0 Å². The van der Waals surface area contributed by atoms with Crippen molar-refractivity contribution in [2.45, 2.75) is 65.1 Å². The number of rotatable bonds is 13. The lowest BCUT2D eigenvalue weighted by atomic mass is 10.1. The molecule has 2 rings (SSSR count). The molecule has 0 aliphatic heterocycles. The second-order valence-corrected chi connectivity index (χ2v) is 11.1. The molecule has 1 N–H and O–H groups in total. The molecule has 2 aromatic carbocycles. The van der Waals surface area contributed by atoms with Crippen molar-refractivity contribution in [1.29, 1.82) is 0 Å². The first kappa shape index (κ1) is 29.6. The van der Waals surface area contributed by atoms with Crippen LogP contribution in [-0.2, 0) is 26.2 Å². The van der Waals surface area contributed by atoms with Gasteiger partial charge in [0.1, 0.15) is 11.9 Å². The molecule has 36 heavy (non-hydrogen) atoms. The summed E-state index contributed by atoms with van der Waals surface area (Å²) >= 11 is 5.92. The number of amides is 2. The highest BCUT2D eigenvalue weighted by Crippen LogP contribution is 2.22. The van der Waals surface area contributed by atoms with Gasteiger partial charge in [0.2, 0.25) is 21.8 Å². The Morgan fingerprint density at radius 3 is 2.17 bits per heavy atom. The summed E-state index contributed by atoms with van der Waals surface area (Å²) in [6.45, 7) is 5.91. The Balaban J connectivity index is 2.21. The van der Waals surface area contributed by atoms with Crippen LogP contribution in [0.15, 0.2) is 48.5 Å². The lowest BCUT2D eigenvalue weighted by Gasteiger charge is -2.32. The molecule has 7 nitrogen and oxygen atoms in total. The highest BCUT2D eigenvalue weighted by atomic mass is 35.5. The standard InChI is InChI=1S/C26H35ClFN3O4S/c1-5-19(3)29-26(33)24(6-2)30(18-20-9-13-22(28)14-10-20)25(32)8-7-17-31(36(4,34)35)23-15-11-21(27)12-16-23/h9-16,19,24H,5-8,17-18H2,1-4H3,(H,29,33)/t19-,24+/m0/s1. The van der Waals surface area contributed by atoms with Gasteiger partial charge in [-0.05, 0) is 68.1 Å². The third kappa shape index (κ3) is 8.78. The van der Waals surface area contributed by atoms with Crippen molar-refractivity contribution in [2.75, 3.05) is 17.1 Å². The van der Waals surface area contributed by atoms with E-state index in [1.807, 2.05) is 20.8 Å². The smallest absolute Gasteiger partial charge is 0.243 e. The molecule has 10 heteroatoms. The summed E-state index contributed by atoms with van der Waals surface area (Å²) in [6, 6.07) is 11.5. The Labute approximate surface area is 218 Å². The van der Waals surface area contributed by atoms with Gasteiger partial charge >= 0.3 is 0 Å². The Bertz CT molecular complexity index is 1110. The Morgan fingerprint density at radius 2 is 1.64 bits per heavy atom. The molecule has 2 aromatic rings. The van der Waals surface area contributed by atoms with Gasteiger partial charge in [0.15, 0.2) is 0 Å². The van der Waals surface area contributed by atoms with E-state index in [9.17, 15) is 22.4 Å². The summed E-state index contributed by atoms with van der Waals surface area (Å²) in [5, 5.41) is 3.43. The zero-order valence-corrected chi connectivity index (χ0v) is 22.8. The van der Waals surface area contributed by atoms with Gasteiger partial charge in [0.25, 0.3) is 0 Å². The second-order valence-electron chi connectivity index (χ2n) is 8.81. The summed E-state index contributed by atoms with van der Waals surface area (Å²) in [5.41, 5.74) is 1.15. The quantitative estimate of drug-likeness (QED) is 0.398. The molecule has 0 radical (unpaired) electrons. The summed E-state index contributed by atoms with van der Waals surface area (Å²) < 4.78 is 39.4. The van der Waals surface area contributed by atoms with Crippen molar-refractivity contribution in [1.82, 2.24) is 10.2 Å². The average molecular weight is 540 g/mol. The first-order chi connectivity index (χ1) is 17.0. The number of sulfonamides is 1. The van der Waals surface area contributed by atoms with E-state index in [0.717, 1.165) is 12.7 Å². The minimum absolute atomic E-state index is 0.0356. The minimum Gasteiger partial charge on any atom is -0.352 e. The van der Waals surface area contributed by atoms with Gasteiger partial charge in [-0.1, -0.05) is 37.6 Å². The third-order valence-electron chi connectivity index (χ3n) is 5.92. The Morgan fingerprint density at radius 1 is 1.03 bits per heavy atom. The molecule has 0 aromatic heterocycles. The van der Waals surface area contributed by atoms with E-state index in [1.165, 1.54) is 21.3 Å². The van der Waals surface area contributed by atoms with Crippen molar-refractivity contribution < 1.29 is 22.4 Å². The molecule has 198 valence electrons. The van der Waals surface area contributed by atoms with E-state index >= 15 is 0 Å². The molecule has 0 bridgehead atoms. The number of carbonyl (C=O) groups is 2. The predicted octanol–water partition coefficient (Wildman–Crippen LogP) is 4.75. The highest BCUT2D eigenvalue weighted by Gasteiger charge is 2.29. The molecule has 0 heterocycles. The van der Waals surface area contributed by atoms with Crippen LogP contribution in [0.2, 0.25) is 5.02 Å². The maximum atomic E-state index is 13.4.